The van der Waals surface area contributed by atoms with Crippen molar-refractivity contribution in [1.29, 1.82) is 0 Å². The zero-order valence-electron chi connectivity index (χ0n) is 13.4. The summed E-state index contributed by atoms with van der Waals surface area (Å²) in [5.41, 5.74) is 1.10. The first-order chi connectivity index (χ1) is 11.0. The SMILES string of the molecule is CCSC1=[N+](Cc2ccccc2)C2C(=O)N(C)C(=O)N(C)C2=N1. The van der Waals surface area contributed by atoms with Crippen LogP contribution in [0.2, 0.25) is 0 Å². The average molecular weight is 331 g/mol. The lowest BCUT2D eigenvalue weighted by Gasteiger charge is -2.30. The first kappa shape index (κ1) is 15.7. The van der Waals surface area contributed by atoms with Crippen LogP contribution in [0.3, 0.4) is 0 Å². The van der Waals surface area contributed by atoms with Crippen molar-refractivity contribution in [3.05, 3.63) is 35.9 Å². The molecule has 0 N–H and O–H groups in total. The van der Waals surface area contributed by atoms with Crippen molar-refractivity contribution in [2.75, 3.05) is 19.8 Å². The van der Waals surface area contributed by atoms with E-state index in [9.17, 15) is 9.59 Å². The van der Waals surface area contributed by atoms with Gasteiger partial charge in [-0.1, -0.05) is 37.3 Å². The van der Waals surface area contributed by atoms with Crippen LogP contribution in [-0.2, 0) is 11.3 Å². The average Bonchev–Trinajstić information content (AvgIpc) is 2.91. The Labute approximate surface area is 139 Å². The van der Waals surface area contributed by atoms with Crippen LogP contribution in [0.4, 0.5) is 4.79 Å². The van der Waals surface area contributed by atoms with Crippen molar-refractivity contribution in [2.45, 2.75) is 19.5 Å². The molecule has 0 spiro atoms. The number of rotatable bonds is 3. The van der Waals surface area contributed by atoms with E-state index in [4.69, 9.17) is 0 Å². The normalized spacial score (nSPS) is 21.0. The number of urea groups is 1. The van der Waals surface area contributed by atoms with Crippen LogP contribution < -0.4 is 0 Å². The highest BCUT2D eigenvalue weighted by Crippen LogP contribution is 2.24. The van der Waals surface area contributed by atoms with Crippen LogP contribution in [-0.4, -0.2) is 63.2 Å². The molecule has 0 saturated carbocycles. The molecule has 6 nitrogen and oxygen atoms in total. The van der Waals surface area contributed by atoms with Gasteiger partial charge in [-0.25, -0.2) is 9.37 Å². The van der Waals surface area contributed by atoms with E-state index < -0.39 is 6.04 Å². The second-order valence-electron chi connectivity index (χ2n) is 5.44. The van der Waals surface area contributed by atoms with Crippen LogP contribution in [0.1, 0.15) is 12.5 Å². The Morgan fingerprint density at radius 3 is 2.52 bits per heavy atom. The van der Waals surface area contributed by atoms with Crippen molar-refractivity contribution in [2.24, 2.45) is 4.99 Å². The summed E-state index contributed by atoms with van der Waals surface area (Å²) < 4.78 is 1.99. The quantitative estimate of drug-likeness (QED) is 0.791. The van der Waals surface area contributed by atoms with E-state index in [-0.39, 0.29) is 11.9 Å². The lowest BCUT2D eigenvalue weighted by atomic mass is 10.1. The second kappa shape index (κ2) is 6.16. The van der Waals surface area contributed by atoms with E-state index in [1.165, 1.54) is 16.8 Å². The summed E-state index contributed by atoms with van der Waals surface area (Å²) in [6.45, 7) is 2.63. The third-order valence-corrected chi connectivity index (χ3v) is 4.84. The summed E-state index contributed by atoms with van der Waals surface area (Å²) in [6, 6.07) is 9.10. The molecule has 0 aliphatic carbocycles. The molecule has 1 aromatic carbocycles. The van der Waals surface area contributed by atoms with Crippen molar-refractivity contribution in [3.63, 3.8) is 0 Å². The summed E-state index contributed by atoms with van der Waals surface area (Å²) in [6.07, 6.45) is 0. The minimum absolute atomic E-state index is 0.227. The van der Waals surface area contributed by atoms with Crippen LogP contribution in [0, 0.1) is 0 Å². The Hall–Kier alpha value is -2.15. The van der Waals surface area contributed by atoms with Gasteiger partial charge in [0.15, 0.2) is 0 Å². The molecule has 0 aromatic heterocycles. The van der Waals surface area contributed by atoms with Gasteiger partial charge in [0.25, 0.3) is 17.8 Å². The topological polar surface area (TPSA) is 56.0 Å². The molecule has 3 rings (SSSR count). The maximum absolute atomic E-state index is 12.6. The maximum atomic E-state index is 12.6. The molecule has 2 aliphatic rings. The number of hydrogen-bond acceptors (Lipinski definition) is 4. The zero-order chi connectivity index (χ0) is 16.6. The van der Waals surface area contributed by atoms with Gasteiger partial charge in [-0.2, -0.15) is 0 Å². The molecule has 7 heteroatoms. The molecule has 120 valence electrons. The van der Waals surface area contributed by atoms with Gasteiger partial charge in [-0.05, 0) is 22.3 Å². The van der Waals surface area contributed by atoms with E-state index in [1.54, 1.807) is 18.8 Å². The fourth-order valence-electron chi connectivity index (χ4n) is 2.76. The van der Waals surface area contributed by atoms with Gasteiger partial charge in [0.1, 0.15) is 6.54 Å². The zero-order valence-corrected chi connectivity index (χ0v) is 14.2. The summed E-state index contributed by atoms with van der Waals surface area (Å²) in [4.78, 5) is 32.0. The molecule has 2 aliphatic heterocycles. The minimum atomic E-state index is -0.531. The third-order valence-electron chi connectivity index (χ3n) is 3.96. The largest absolute Gasteiger partial charge is 0.358 e. The Bertz CT molecular complexity index is 714. The number of carbonyl (C=O) groups is 2. The Morgan fingerprint density at radius 2 is 1.87 bits per heavy atom. The first-order valence-corrected chi connectivity index (χ1v) is 8.47. The molecule has 1 fully saturated rings. The number of amidine groups is 2. The van der Waals surface area contributed by atoms with Gasteiger partial charge in [-0.3, -0.25) is 14.6 Å². The van der Waals surface area contributed by atoms with Gasteiger partial charge >= 0.3 is 11.2 Å². The summed E-state index contributed by atoms with van der Waals surface area (Å²) in [7, 11) is 3.18. The molecule has 1 atom stereocenters. The fraction of sp³-hybridized carbons (Fsp3) is 0.375. The fourth-order valence-corrected chi connectivity index (χ4v) is 3.51. The highest BCUT2D eigenvalue weighted by atomic mass is 32.2. The van der Waals surface area contributed by atoms with Crippen LogP contribution in [0.25, 0.3) is 0 Å². The molecule has 0 radical (unpaired) electrons. The summed E-state index contributed by atoms with van der Waals surface area (Å²) in [5.74, 6) is 1.14. The number of hydrogen-bond donors (Lipinski definition) is 0. The smallest absolute Gasteiger partial charge is 0.269 e. The van der Waals surface area contributed by atoms with Crippen LogP contribution in [0.5, 0.6) is 0 Å². The van der Waals surface area contributed by atoms with Crippen molar-refractivity contribution >= 4 is 34.7 Å². The summed E-state index contributed by atoms with van der Waals surface area (Å²) in [5, 5.41) is 0.791. The van der Waals surface area contributed by atoms with Crippen molar-refractivity contribution < 1.29 is 14.2 Å². The van der Waals surface area contributed by atoms with Gasteiger partial charge in [0.05, 0.1) is 0 Å². The summed E-state index contributed by atoms with van der Waals surface area (Å²) >= 11 is 1.59. The Morgan fingerprint density at radius 1 is 1.17 bits per heavy atom. The van der Waals surface area contributed by atoms with Gasteiger partial charge in [0.2, 0.25) is 0 Å². The van der Waals surface area contributed by atoms with Gasteiger partial charge < -0.3 is 0 Å². The lowest BCUT2D eigenvalue weighted by Crippen LogP contribution is -2.61. The molecular formula is C16H19N4O2S+. The second-order valence-corrected chi connectivity index (χ2v) is 6.67. The van der Waals surface area contributed by atoms with Crippen LogP contribution in [0.15, 0.2) is 35.3 Å². The van der Waals surface area contributed by atoms with Crippen molar-refractivity contribution in [1.82, 2.24) is 9.80 Å². The van der Waals surface area contributed by atoms with Gasteiger partial charge in [-0.15, -0.1) is 0 Å². The predicted octanol–water partition coefficient (Wildman–Crippen LogP) is 1.61. The Kier molecular flexibility index (Phi) is 4.21. The number of amides is 3. The number of thioether (sulfide) groups is 1. The van der Waals surface area contributed by atoms with E-state index in [1.807, 2.05) is 41.8 Å². The van der Waals surface area contributed by atoms with E-state index in [2.05, 4.69) is 4.99 Å². The van der Waals surface area contributed by atoms with Gasteiger partial charge in [0, 0.05) is 19.8 Å². The van der Waals surface area contributed by atoms with Crippen molar-refractivity contribution in [3.8, 4) is 0 Å². The maximum Gasteiger partial charge on any atom is 0.358 e. The lowest BCUT2D eigenvalue weighted by molar-refractivity contribution is -0.548. The number of fused-ring (bicyclic) bond motifs is 1. The van der Waals surface area contributed by atoms with E-state index in [0.29, 0.717) is 12.4 Å². The molecule has 3 amide bonds. The molecule has 1 unspecified atom stereocenters. The van der Waals surface area contributed by atoms with Crippen LogP contribution >= 0.6 is 11.8 Å². The number of likely N-dealkylation sites (N-methyl/N-ethyl adjacent to an activating group) is 2. The Balaban J connectivity index is 2.00. The van der Waals surface area contributed by atoms with E-state index >= 15 is 0 Å². The number of carbonyl (C=O) groups excluding carboxylic acids is 2. The van der Waals surface area contributed by atoms with E-state index in [0.717, 1.165) is 16.5 Å². The number of imide groups is 1. The highest BCUT2D eigenvalue weighted by molar-refractivity contribution is 8.13. The number of nitrogens with zero attached hydrogens (tertiary/aromatic N) is 4. The molecule has 1 saturated heterocycles. The monoisotopic (exact) mass is 331 g/mol. The number of benzene rings is 1. The highest BCUT2D eigenvalue weighted by Gasteiger charge is 2.53. The standard InChI is InChI=1S/C16H19N4O2S/c1-4-23-15-17-13-12(14(21)19(3)16(22)18(13)2)20(15)10-11-8-6-5-7-9-11/h5-9,12H,4,10H2,1-3H3/q+1. The molecule has 1 aromatic rings. The first-order valence-electron chi connectivity index (χ1n) is 7.48. The molecule has 0 bridgehead atoms. The number of aliphatic imine (C=N–C) groups is 1. The minimum Gasteiger partial charge on any atom is -0.269 e. The molecule has 23 heavy (non-hydrogen) atoms. The molecule has 2 heterocycles. The predicted molar refractivity (Wildman–Crippen MR) is 90.7 cm³/mol. The molecular weight excluding hydrogens is 312 g/mol. The third kappa shape index (κ3) is 2.65.